The number of hydrogen-bond donors (Lipinski definition) is 1. The summed E-state index contributed by atoms with van der Waals surface area (Å²) in [6.45, 7) is 7.43. The molecule has 1 atom stereocenters. The summed E-state index contributed by atoms with van der Waals surface area (Å²) in [5, 5.41) is 12.6. The van der Waals surface area contributed by atoms with Crippen LogP contribution in [0.1, 0.15) is 47.7 Å². The van der Waals surface area contributed by atoms with Gasteiger partial charge in [-0.05, 0) is 45.4 Å². The smallest absolute Gasteiger partial charge is 0.158 e. The number of nitrogens with one attached hydrogen (secondary N) is 1. The average molecular weight is 347 g/mol. The minimum atomic E-state index is -0.293. The van der Waals surface area contributed by atoms with Gasteiger partial charge in [0.05, 0.1) is 18.7 Å². The van der Waals surface area contributed by atoms with E-state index in [2.05, 4.69) is 16.4 Å². The average Bonchev–Trinajstić information content (AvgIpc) is 2.63. The first-order valence-corrected chi connectivity index (χ1v) is 8.41. The molecule has 0 fully saturated rings. The number of Topliss-reactive ketones (excluding diaryl/α,β-unsaturated/α-hetero) is 1. The van der Waals surface area contributed by atoms with Crippen LogP contribution >= 0.6 is 0 Å². The zero-order valence-corrected chi connectivity index (χ0v) is 15.6. The first-order valence-electron chi connectivity index (χ1n) is 8.41. The molecule has 1 aliphatic rings. The second-order valence-corrected chi connectivity index (χ2v) is 6.54. The van der Waals surface area contributed by atoms with Gasteiger partial charge in [0, 0.05) is 45.9 Å². The SMILES string of the molecule is COc1cc(C#N)ccc1C1C(C(C)=O)=C(C)Nc2c(C)cnc(C)c21. The van der Waals surface area contributed by atoms with Gasteiger partial charge < -0.3 is 10.1 Å². The summed E-state index contributed by atoms with van der Waals surface area (Å²) >= 11 is 0. The third-order valence-electron chi connectivity index (χ3n) is 4.85. The minimum Gasteiger partial charge on any atom is -0.496 e. The Morgan fingerprint density at radius 1 is 1.31 bits per heavy atom. The highest BCUT2D eigenvalue weighted by Gasteiger charge is 2.34. The van der Waals surface area contributed by atoms with E-state index in [0.717, 1.165) is 33.8 Å². The second-order valence-electron chi connectivity index (χ2n) is 6.54. The molecule has 5 heteroatoms. The molecular weight excluding hydrogens is 326 g/mol. The summed E-state index contributed by atoms with van der Waals surface area (Å²) < 4.78 is 5.56. The Morgan fingerprint density at radius 3 is 2.65 bits per heavy atom. The number of allylic oxidation sites excluding steroid dienone is 2. The van der Waals surface area contributed by atoms with Crippen molar-refractivity contribution >= 4 is 11.5 Å². The largest absolute Gasteiger partial charge is 0.496 e. The van der Waals surface area contributed by atoms with Crippen molar-refractivity contribution < 1.29 is 9.53 Å². The van der Waals surface area contributed by atoms with E-state index in [1.807, 2.05) is 33.0 Å². The third-order valence-corrected chi connectivity index (χ3v) is 4.85. The number of rotatable bonds is 3. The van der Waals surface area contributed by atoms with Gasteiger partial charge >= 0.3 is 0 Å². The van der Waals surface area contributed by atoms with Gasteiger partial charge in [-0.15, -0.1) is 0 Å². The maximum atomic E-state index is 12.5. The molecule has 1 N–H and O–H groups in total. The Labute approximate surface area is 153 Å². The fourth-order valence-electron chi connectivity index (χ4n) is 3.65. The molecule has 1 unspecified atom stereocenters. The number of ether oxygens (including phenoxy) is 1. The van der Waals surface area contributed by atoms with Gasteiger partial charge in [-0.2, -0.15) is 5.26 Å². The molecule has 2 heterocycles. The standard InChI is InChI=1S/C21H21N3O2/c1-11-10-23-12(2)19-20(18(14(4)25)13(3)24-21(11)19)16-7-6-15(9-22)8-17(16)26-5/h6-8,10,20,24H,1-5H3. The van der Waals surface area contributed by atoms with Crippen LogP contribution in [-0.2, 0) is 4.79 Å². The number of aryl methyl sites for hydroxylation is 2. The van der Waals surface area contributed by atoms with Crippen molar-refractivity contribution in [3.05, 3.63) is 63.6 Å². The van der Waals surface area contributed by atoms with E-state index in [4.69, 9.17) is 4.74 Å². The number of nitrogens with zero attached hydrogens (tertiary/aromatic N) is 2. The number of benzene rings is 1. The van der Waals surface area contributed by atoms with E-state index in [9.17, 15) is 10.1 Å². The van der Waals surface area contributed by atoms with Crippen molar-refractivity contribution in [2.75, 3.05) is 12.4 Å². The summed E-state index contributed by atoms with van der Waals surface area (Å²) in [5.41, 5.74) is 6.73. The Morgan fingerprint density at radius 2 is 2.04 bits per heavy atom. The lowest BCUT2D eigenvalue weighted by molar-refractivity contribution is -0.113. The summed E-state index contributed by atoms with van der Waals surface area (Å²) in [4.78, 5) is 17.0. The molecule has 0 radical (unpaired) electrons. The summed E-state index contributed by atoms with van der Waals surface area (Å²) in [7, 11) is 1.58. The Hall–Kier alpha value is -3.13. The predicted octanol–water partition coefficient (Wildman–Crippen LogP) is 4.00. The van der Waals surface area contributed by atoms with Crippen molar-refractivity contribution in [3.8, 4) is 11.8 Å². The minimum absolute atomic E-state index is 0.00188. The third kappa shape index (κ3) is 2.74. The van der Waals surface area contributed by atoms with E-state index in [1.165, 1.54) is 0 Å². The summed E-state index contributed by atoms with van der Waals surface area (Å²) in [5.74, 6) is 0.297. The van der Waals surface area contributed by atoms with Crippen LogP contribution in [0.2, 0.25) is 0 Å². The molecule has 0 spiro atoms. The zero-order valence-electron chi connectivity index (χ0n) is 15.6. The van der Waals surface area contributed by atoms with Gasteiger partial charge in [-0.25, -0.2) is 0 Å². The van der Waals surface area contributed by atoms with E-state index in [-0.39, 0.29) is 11.7 Å². The highest BCUT2D eigenvalue weighted by atomic mass is 16.5. The lowest BCUT2D eigenvalue weighted by atomic mass is 9.77. The molecule has 0 bridgehead atoms. The molecule has 0 saturated heterocycles. The van der Waals surface area contributed by atoms with E-state index in [0.29, 0.717) is 16.9 Å². The van der Waals surface area contributed by atoms with Gasteiger partial charge in [-0.3, -0.25) is 9.78 Å². The highest BCUT2D eigenvalue weighted by Crippen LogP contribution is 2.46. The number of nitriles is 1. The van der Waals surface area contributed by atoms with Crippen LogP contribution in [0.15, 0.2) is 35.7 Å². The molecule has 26 heavy (non-hydrogen) atoms. The quantitative estimate of drug-likeness (QED) is 0.908. The van der Waals surface area contributed by atoms with Crippen molar-refractivity contribution in [1.29, 1.82) is 5.26 Å². The van der Waals surface area contributed by atoms with Gasteiger partial charge in [0.15, 0.2) is 5.78 Å². The first kappa shape index (κ1) is 17.7. The van der Waals surface area contributed by atoms with Gasteiger partial charge in [0.2, 0.25) is 0 Å². The normalized spacial score (nSPS) is 15.8. The van der Waals surface area contributed by atoms with Gasteiger partial charge in [-0.1, -0.05) is 6.07 Å². The number of pyridine rings is 1. The van der Waals surface area contributed by atoms with Crippen LogP contribution in [0.4, 0.5) is 5.69 Å². The zero-order chi connectivity index (χ0) is 19.0. The molecule has 2 aromatic rings. The molecule has 3 rings (SSSR count). The van der Waals surface area contributed by atoms with Crippen LogP contribution in [0, 0.1) is 25.2 Å². The molecule has 5 nitrogen and oxygen atoms in total. The maximum Gasteiger partial charge on any atom is 0.158 e. The monoisotopic (exact) mass is 347 g/mol. The fraction of sp³-hybridized carbons (Fsp3) is 0.286. The fourth-order valence-corrected chi connectivity index (χ4v) is 3.65. The number of ketones is 1. The number of fused-ring (bicyclic) bond motifs is 1. The topological polar surface area (TPSA) is 75.0 Å². The molecular formula is C21H21N3O2. The molecule has 0 aliphatic carbocycles. The maximum absolute atomic E-state index is 12.5. The van der Waals surface area contributed by atoms with Crippen LogP contribution in [0.5, 0.6) is 5.75 Å². The number of anilines is 1. The van der Waals surface area contributed by atoms with Crippen molar-refractivity contribution in [2.24, 2.45) is 0 Å². The summed E-state index contributed by atoms with van der Waals surface area (Å²) in [6.07, 6.45) is 1.83. The number of methoxy groups -OCH3 is 1. The van der Waals surface area contributed by atoms with E-state index in [1.54, 1.807) is 26.2 Å². The highest BCUT2D eigenvalue weighted by molar-refractivity contribution is 5.99. The van der Waals surface area contributed by atoms with Crippen molar-refractivity contribution in [2.45, 2.75) is 33.6 Å². The number of hydrogen-bond acceptors (Lipinski definition) is 5. The van der Waals surface area contributed by atoms with Crippen LogP contribution in [0.25, 0.3) is 0 Å². The predicted molar refractivity (Wildman–Crippen MR) is 100 cm³/mol. The summed E-state index contributed by atoms with van der Waals surface area (Å²) in [6, 6.07) is 7.47. The van der Waals surface area contributed by atoms with Gasteiger partial charge in [0.1, 0.15) is 5.75 Å². The molecule has 1 aliphatic heterocycles. The number of carbonyl (C=O) groups is 1. The lowest BCUT2D eigenvalue weighted by Gasteiger charge is -2.32. The van der Waals surface area contributed by atoms with Crippen LogP contribution in [0.3, 0.4) is 0 Å². The van der Waals surface area contributed by atoms with Crippen LogP contribution in [-0.4, -0.2) is 17.9 Å². The van der Waals surface area contributed by atoms with Crippen molar-refractivity contribution in [1.82, 2.24) is 4.98 Å². The Bertz CT molecular complexity index is 983. The first-order chi connectivity index (χ1) is 12.4. The van der Waals surface area contributed by atoms with E-state index < -0.39 is 0 Å². The van der Waals surface area contributed by atoms with E-state index >= 15 is 0 Å². The Kier molecular flexibility index (Phi) is 4.52. The van der Waals surface area contributed by atoms with Crippen LogP contribution < -0.4 is 10.1 Å². The molecule has 1 aromatic carbocycles. The number of aromatic nitrogens is 1. The number of carbonyl (C=O) groups excluding carboxylic acids is 1. The second kappa shape index (κ2) is 6.64. The van der Waals surface area contributed by atoms with Gasteiger partial charge in [0.25, 0.3) is 0 Å². The molecule has 132 valence electrons. The Balaban J connectivity index is 2.36. The lowest BCUT2D eigenvalue weighted by Crippen LogP contribution is -2.24. The molecule has 1 aromatic heterocycles. The van der Waals surface area contributed by atoms with Crippen molar-refractivity contribution in [3.63, 3.8) is 0 Å². The molecule has 0 saturated carbocycles. The molecule has 0 amide bonds.